The molecule has 1 fully saturated rings. The second kappa shape index (κ2) is 8.91. The summed E-state index contributed by atoms with van der Waals surface area (Å²) in [7, 11) is 4.30. The standard InChI is InChI=1S/C24H20ClNO7/c1-30-16-8-5-4-7-15(16)26-21(17-9-6-10-33-17)20(23(28)24(26)29)22(27)13-11-14(25)19(32-3)12-18(13)31-2/h4-12,21,27H,1-3H3/b22-20-. The number of rotatable bonds is 6. The summed E-state index contributed by atoms with van der Waals surface area (Å²) in [5, 5.41) is 11.5. The summed E-state index contributed by atoms with van der Waals surface area (Å²) < 4.78 is 21.5. The highest BCUT2D eigenvalue weighted by Gasteiger charge is 2.49. The molecule has 1 atom stereocenters. The van der Waals surface area contributed by atoms with E-state index in [1.807, 2.05) is 0 Å². The van der Waals surface area contributed by atoms with Crippen LogP contribution in [0.15, 0.2) is 64.8 Å². The molecule has 2 aromatic carbocycles. The maximum atomic E-state index is 13.2. The number of ether oxygens (including phenoxy) is 3. The molecule has 170 valence electrons. The van der Waals surface area contributed by atoms with Gasteiger partial charge >= 0.3 is 0 Å². The number of ketones is 1. The molecular weight excluding hydrogens is 450 g/mol. The summed E-state index contributed by atoms with van der Waals surface area (Å²) >= 11 is 6.26. The zero-order chi connectivity index (χ0) is 23.7. The number of hydrogen-bond acceptors (Lipinski definition) is 7. The van der Waals surface area contributed by atoms with Gasteiger partial charge in [-0.25, -0.2) is 0 Å². The first-order valence-corrected chi connectivity index (χ1v) is 10.2. The predicted octanol–water partition coefficient (Wildman–Crippen LogP) is 4.59. The first kappa shape index (κ1) is 22.3. The summed E-state index contributed by atoms with van der Waals surface area (Å²) in [6, 6.07) is 11.8. The van der Waals surface area contributed by atoms with Gasteiger partial charge in [0.2, 0.25) is 0 Å². The molecule has 4 rings (SSSR count). The summed E-state index contributed by atoms with van der Waals surface area (Å²) in [6.07, 6.45) is 1.42. The third-order valence-electron chi connectivity index (χ3n) is 5.33. The molecule has 0 saturated carbocycles. The maximum Gasteiger partial charge on any atom is 0.300 e. The molecule has 0 spiro atoms. The molecule has 33 heavy (non-hydrogen) atoms. The minimum atomic E-state index is -1.05. The number of furan rings is 1. The number of carbonyl (C=O) groups excluding carboxylic acids is 2. The number of methoxy groups -OCH3 is 3. The van der Waals surface area contributed by atoms with E-state index in [0.29, 0.717) is 17.2 Å². The van der Waals surface area contributed by atoms with Gasteiger partial charge in [0.25, 0.3) is 11.7 Å². The third kappa shape index (κ3) is 3.68. The van der Waals surface area contributed by atoms with Crippen LogP contribution in [0.2, 0.25) is 5.02 Å². The highest BCUT2D eigenvalue weighted by atomic mass is 35.5. The Kier molecular flexibility index (Phi) is 6.02. The number of carbonyl (C=O) groups is 2. The van der Waals surface area contributed by atoms with Crippen LogP contribution in [-0.2, 0) is 9.59 Å². The van der Waals surface area contributed by atoms with E-state index in [0.717, 1.165) is 0 Å². The second-order valence-electron chi connectivity index (χ2n) is 7.04. The van der Waals surface area contributed by atoms with Crippen molar-refractivity contribution in [1.29, 1.82) is 0 Å². The molecule has 0 radical (unpaired) electrons. The Labute approximate surface area is 194 Å². The fourth-order valence-corrected chi connectivity index (χ4v) is 4.06. The smallest absolute Gasteiger partial charge is 0.300 e. The van der Waals surface area contributed by atoms with Crippen LogP contribution in [0, 0.1) is 0 Å². The molecule has 1 aromatic heterocycles. The number of para-hydroxylation sites is 2. The van der Waals surface area contributed by atoms with Gasteiger partial charge in [0.05, 0.1) is 49.4 Å². The van der Waals surface area contributed by atoms with Gasteiger partial charge in [0.1, 0.15) is 34.8 Å². The Morgan fingerprint density at radius 1 is 0.970 bits per heavy atom. The van der Waals surface area contributed by atoms with Crippen LogP contribution >= 0.6 is 11.6 Å². The third-order valence-corrected chi connectivity index (χ3v) is 5.63. The first-order valence-electron chi connectivity index (χ1n) is 9.82. The van der Waals surface area contributed by atoms with Crippen molar-refractivity contribution in [2.45, 2.75) is 6.04 Å². The van der Waals surface area contributed by atoms with Crippen molar-refractivity contribution in [3.8, 4) is 17.2 Å². The average Bonchev–Trinajstić information content (AvgIpc) is 3.45. The van der Waals surface area contributed by atoms with Crippen molar-refractivity contribution in [2.24, 2.45) is 0 Å². The zero-order valence-electron chi connectivity index (χ0n) is 18.0. The van der Waals surface area contributed by atoms with Crippen LogP contribution < -0.4 is 19.1 Å². The Hall–Kier alpha value is -3.91. The topological polar surface area (TPSA) is 98.4 Å². The van der Waals surface area contributed by atoms with E-state index in [1.165, 1.54) is 44.6 Å². The van der Waals surface area contributed by atoms with Gasteiger partial charge in [-0.05, 0) is 30.3 Å². The number of hydrogen-bond donors (Lipinski definition) is 1. The Bertz CT molecular complexity index is 1250. The van der Waals surface area contributed by atoms with E-state index in [-0.39, 0.29) is 27.7 Å². The molecule has 1 aliphatic rings. The Morgan fingerprint density at radius 2 is 1.67 bits per heavy atom. The quantitative estimate of drug-likeness (QED) is 0.320. The van der Waals surface area contributed by atoms with Crippen molar-refractivity contribution in [2.75, 3.05) is 26.2 Å². The molecule has 3 aromatic rings. The lowest BCUT2D eigenvalue weighted by molar-refractivity contribution is -0.132. The monoisotopic (exact) mass is 469 g/mol. The van der Waals surface area contributed by atoms with Gasteiger partial charge in [-0.1, -0.05) is 23.7 Å². The summed E-state index contributed by atoms with van der Waals surface area (Å²) in [4.78, 5) is 27.7. The minimum absolute atomic E-state index is 0.123. The van der Waals surface area contributed by atoms with Crippen LogP contribution in [0.25, 0.3) is 5.76 Å². The van der Waals surface area contributed by atoms with Crippen LogP contribution in [0.4, 0.5) is 5.69 Å². The number of nitrogens with zero attached hydrogens (tertiary/aromatic N) is 1. The molecule has 0 aliphatic carbocycles. The van der Waals surface area contributed by atoms with E-state index in [9.17, 15) is 14.7 Å². The van der Waals surface area contributed by atoms with E-state index in [2.05, 4.69) is 0 Å². The molecule has 1 aliphatic heterocycles. The number of aliphatic hydroxyl groups excluding tert-OH is 1. The predicted molar refractivity (Wildman–Crippen MR) is 121 cm³/mol. The average molecular weight is 470 g/mol. The lowest BCUT2D eigenvalue weighted by Crippen LogP contribution is -2.29. The Morgan fingerprint density at radius 3 is 2.30 bits per heavy atom. The lowest BCUT2D eigenvalue weighted by Gasteiger charge is -2.25. The molecule has 1 amide bonds. The molecule has 0 bridgehead atoms. The molecular formula is C24H20ClNO7. The van der Waals surface area contributed by atoms with Gasteiger partial charge in [-0.15, -0.1) is 0 Å². The van der Waals surface area contributed by atoms with Gasteiger partial charge in [-0.3, -0.25) is 14.5 Å². The molecule has 8 nitrogen and oxygen atoms in total. The lowest BCUT2D eigenvalue weighted by atomic mass is 9.98. The van der Waals surface area contributed by atoms with E-state index >= 15 is 0 Å². The SMILES string of the molecule is COc1cc(OC)c(/C(O)=C2/C(=O)C(=O)N(c3ccccc3OC)C2c2ccco2)cc1Cl. The number of Topliss-reactive ketones (excluding diaryl/α,β-unsaturated/α-hetero) is 1. The van der Waals surface area contributed by atoms with Crippen LogP contribution in [-0.4, -0.2) is 38.1 Å². The fourth-order valence-electron chi connectivity index (χ4n) is 3.82. The van der Waals surface area contributed by atoms with Crippen molar-refractivity contribution in [1.82, 2.24) is 0 Å². The first-order chi connectivity index (χ1) is 15.9. The summed E-state index contributed by atoms with van der Waals surface area (Å²) in [5.41, 5.74) is 0.292. The minimum Gasteiger partial charge on any atom is -0.507 e. The molecule has 1 saturated heterocycles. The van der Waals surface area contributed by atoms with Gasteiger partial charge in [0.15, 0.2) is 0 Å². The Balaban J connectivity index is 1.98. The van der Waals surface area contributed by atoms with Crippen LogP contribution in [0.3, 0.4) is 0 Å². The van der Waals surface area contributed by atoms with E-state index in [1.54, 1.807) is 36.4 Å². The van der Waals surface area contributed by atoms with Crippen LogP contribution in [0.1, 0.15) is 17.4 Å². The number of aliphatic hydroxyl groups is 1. The summed E-state index contributed by atoms with van der Waals surface area (Å²) in [6.45, 7) is 0. The normalized spacial score (nSPS) is 17.3. The number of halogens is 1. The van der Waals surface area contributed by atoms with E-state index in [4.69, 9.17) is 30.2 Å². The maximum absolute atomic E-state index is 13.2. The molecule has 1 unspecified atom stereocenters. The second-order valence-corrected chi connectivity index (χ2v) is 7.45. The van der Waals surface area contributed by atoms with Crippen molar-refractivity contribution >= 4 is 34.7 Å². The zero-order valence-corrected chi connectivity index (χ0v) is 18.8. The molecule has 2 heterocycles. The summed E-state index contributed by atoms with van der Waals surface area (Å²) in [5.74, 6) is -1.03. The van der Waals surface area contributed by atoms with E-state index < -0.39 is 23.5 Å². The molecule has 9 heteroatoms. The number of amides is 1. The van der Waals surface area contributed by atoms with Crippen LogP contribution in [0.5, 0.6) is 17.2 Å². The molecule has 1 N–H and O–H groups in total. The highest BCUT2D eigenvalue weighted by molar-refractivity contribution is 6.52. The number of anilines is 1. The number of benzene rings is 2. The highest BCUT2D eigenvalue weighted by Crippen LogP contribution is 2.46. The van der Waals surface area contributed by atoms with Gasteiger partial charge < -0.3 is 23.7 Å². The fraction of sp³-hybridized carbons (Fsp3) is 0.167. The van der Waals surface area contributed by atoms with Crippen molar-refractivity contribution in [3.05, 3.63) is 76.7 Å². The van der Waals surface area contributed by atoms with Crippen molar-refractivity contribution < 1.29 is 33.3 Å². The largest absolute Gasteiger partial charge is 0.507 e. The van der Waals surface area contributed by atoms with Gasteiger partial charge in [-0.2, -0.15) is 0 Å². The van der Waals surface area contributed by atoms with Crippen molar-refractivity contribution in [3.63, 3.8) is 0 Å². The van der Waals surface area contributed by atoms with Gasteiger partial charge in [0, 0.05) is 6.07 Å².